The van der Waals surface area contributed by atoms with Gasteiger partial charge in [-0.25, -0.2) is 0 Å². The zero-order valence-electron chi connectivity index (χ0n) is 8.85. The van der Waals surface area contributed by atoms with Crippen LogP contribution in [-0.2, 0) is 16.1 Å². The second-order valence-electron chi connectivity index (χ2n) is 3.48. The molecule has 1 aromatic rings. The summed E-state index contributed by atoms with van der Waals surface area (Å²) in [7, 11) is 0. The Morgan fingerprint density at radius 1 is 1.25 bits per heavy atom. The Labute approximate surface area is 93.8 Å². The van der Waals surface area contributed by atoms with E-state index >= 15 is 0 Å². The molecule has 1 rings (SSSR count). The molecule has 0 saturated carbocycles. The first-order valence-corrected chi connectivity index (χ1v) is 4.95. The molecule has 0 aliphatic heterocycles. The van der Waals surface area contributed by atoms with E-state index in [1.165, 1.54) is 0 Å². The van der Waals surface area contributed by atoms with Crippen LogP contribution in [0, 0.1) is 0 Å². The molecule has 1 aromatic carbocycles. The smallest absolute Gasteiger partial charge is 0.237 e. The SMILES string of the molecule is NC(=O)CC(N)C(=O)NCc1ccccc1. The van der Waals surface area contributed by atoms with E-state index < -0.39 is 11.9 Å². The zero-order chi connectivity index (χ0) is 12.0. The molecule has 0 radical (unpaired) electrons. The van der Waals surface area contributed by atoms with E-state index in [0.29, 0.717) is 6.54 Å². The van der Waals surface area contributed by atoms with E-state index in [4.69, 9.17) is 11.5 Å². The fourth-order valence-corrected chi connectivity index (χ4v) is 1.23. The lowest BCUT2D eigenvalue weighted by Crippen LogP contribution is -2.42. The summed E-state index contributed by atoms with van der Waals surface area (Å²) < 4.78 is 0. The summed E-state index contributed by atoms with van der Waals surface area (Å²) in [6.45, 7) is 0.395. The van der Waals surface area contributed by atoms with E-state index in [1.54, 1.807) is 0 Å². The Morgan fingerprint density at radius 3 is 2.44 bits per heavy atom. The Bertz CT molecular complexity index is 365. The lowest BCUT2D eigenvalue weighted by Gasteiger charge is -2.10. The predicted octanol–water partition coefficient (Wildman–Crippen LogP) is -0.494. The molecule has 16 heavy (non-hydrogen) atoms. The lowest BCUT2D eigenvalue weighted by molar-refractivity contribution is -0.126. The van der Waals surface area contributed by atoms with Gasteiger partial charge in [-0.2, -0.15) is 0 Å². The molecule has 0 heterocycles. The molecule has 2 amide bonds. The minimum absolute atomic E-state index is 0.138. The van der Waals surface area contributed by atoms with Gasteiger partial charge in [-0.1, -0.05) is 30.3 Å². The van der Waals surface area contributed by atoms with Crippen LogP contribution in [0.15, 0.2) is 30.3 Å². The van der Waals surface area contributed by atoms with E-state index in [9.17, 15) is 9.59 Å². The van der Waals surface area contributed by atoms with Crippen molar-refractivity contribution < 1.29 is 9.59 Å². The standard InChI is InChI=1S/C11H15N3O2/c12-9(6-10(13)15)11(16)14-7-8-4-2-1-3-5-8/h1-5,9H,6-7,12H2,(H2,13,15)(H,14,16). The van der Waals surface area contributed by atoms with E-state index in [2.05, 4.69) is 5.32 Å². The summed E-state index contributed by atoms with van der Waals surface area (Å²) in [5.41, 5.74) is 11.4. The number of rotatable bonds is 5. The van der Waals surface area contributed by atoms with Crippen molar-refractivity contribution in [1.29, 1.82) is 0 Å². The maximum atomic E-state index is 11.4. The van der Waals surface area contributed by atoms with E-state index in [1.807, 2.05) is 30.3 Å². The number of primary amides is 1. The summed E-state index contributed by atoms with van der Waals surface area (Å²) in [6.07, 6.45) is -0.138. The summed E-state index contributed by atoms with van der Waals surface area (Å²) in [4.78, 5) is 22.0. The molecule has 0 bridgehead atoms. The summed E-state index contributed by atoms with van der Waals surface area (Å²) in [5.74, 6) is -0.954. The molecule has 1 atom stereocenters. The van der Waals surface area contributed by atoms with Crippen LogP contribution in [-0.4, -0.2) is 17.9 Å². The van der Waals surface area contributed by atoms with Gasteiger partial charge < -0.3 is 16.8 Å². The Hall–Kier alpha value is -1.88. The Balaban J connectivity index is 2.38. The molecule has 5 N–H and O–H groups in total. The van der Waals surface area contributed by atoms with Gasteiger partial charge in [-0.15, -0.1) is 0 Å². The van der Waals surface area contributed by atoms with Gasteiger partial charge in [-0.05, 0) is 5.56 Å². The van der Waals surface area contributed by atoms with Crippen molar-refractivity contribution in [3.8, 4) is 0 Å². The first-order valence-electron chi connectivity index (χ1n) is 4.95. The quantitative estimate of drug-likeness (QED) is 0.625. The first kappa shape index (κ1) is 12.2. The van der Waals surface area contributed by atoms with Crippen LogP contribution in [0.5, 0.6) is 0 Å². The van der Waals surface area contributed by atoms with Crippen LogP contribution in [0.25, 0.3) is 0 Å². The van der Waals surface area contributed by atoms with Crippen LogP contribution in [0.1, 0.15) is 12.0 Å². The highest BCUT2D eigenvalue weighted by Crippen LogP contribution is 1.97. The molecule has 0 fully saturated rings. The van der Waals surface area contributed by atoms with E-state index in [0.717, 1.165) is 5.56 Å². The number of carbonyl (C=O) groups is 2. The summed E-state index contributed by atoms with van der Waals surface area (Å²) >= 11 is 0. The minimum atomic E-state index is -0.874. The monoisotopic (exact) mass is 221 g/mol. The fraction of sp³-hybridized carbons (Fsp3) is 0.273. The normalized spacial score (nSPS) is 11.8. The maximum Gasteiger partial charge on any atom is 0.237 e. The molecular weight excluding hydrogens is 206 g/mol. The topological polar surface area (TPSA) is 98.2 Å². The van der Waals surface area contributed by atoms with Crippen LogP contribution in [0.4, 0.5) is 0 Å². The van der Waals surface area contributed by atoms with Gasteiger partial charge in [0.25, 0.3) is 0 Å². The predicted molar refractivity (Wildman–Crippen MR) is 60.1 cm³/mol. The van der Waals surface area contributed by atoms with Crippen molar-refractivity contribution in [2.24, 2.45) is 11.5 Å². The van der Waals surface area contributed by atoms with Gasteiger partial charge in [0.15, 0.2) is 0 Å². The Kier molecular flexibility index (Phi) is 4.47. The number of amides is 2. The first-order chi connectivity index (χ1) is 7.59. The van der Waals surface area contributed by atoms with Gasteiger partial charge in [0.1, 0.15) is 0 Å². The fourth-order valence-electron chi connectivity index (χ4n) is 1.23. The van der Waals surface area contributed by atoms with Crippen molar-refractivity contribution in [2.45, 2.75) is 19.0 Å². The number of carbonyl (C=O) groups excluding carboxylic acids is 2. The third-order valence-corrected chi connectivity index (χ3v) is 2.07. The van der Waals surface area contributed by atoms with Crippen molar-refractivity contribution >= 4 is 11.8 Å². The minimum Gasteiger partial charge on any atom is -0.370 e. The van der Waals surface area contributed by atoms with Crippen LogP contribution < -0.4 is 16.8 Å². The van der Waals surface area contributed by atoms with Gasteiger partial charge in [0.05, 0.1) is 12.5 Å². The van der Waals surface area contributed by atoms with Crippen LogP contribution >= 0.6 is 0 Å². The second-order valence-corrected chi connectivity index (χ2v) is 3.48. The highest BCUT2D eigenvalue weighted by Gasteiger charge is 2.15. The van der Waals surface area contributed by atoms with Crippen molar-refractivity contribution in [3.05, 3.63) is 35.9 Å². The number of nitrogens with one attached hydrogen (secondary N) is 1. The molecule has 5 nitrogen and oxygen atoms in total. The molecule has 1 unspecified atom stereocenters. The highest BCUT2D eigenvalue weighted by molar-refractivity contribution is 5.87. The van der Waals surface area contributed by atoms with Crippen LogP contribution in [0.3, 0.4) is 0 Å². The Morgan fingerprint density at radius 2 is 1.88 bits per heavy atom. The molecular formula is C11H15N3O2. The van der Waals surface area contributed by atoms with Gasteiger partial charge in [0.2, 0.25) is 11.8 Å². The second kappa shape index (κ2) is 5.87. The van der Waals surface area contributed by atoms with Gasteiger partial charge >= 0.3 is 0 Å². The van der Waals surface area contributed by atoms with Crippen molar-refractivity contribution in [1.82, 2.24) is 5.32 Å². The summed E-state index contributed by atoms with van der Waals surface area (Å²) in [6, 6.07) is 8.56. The number of hydrogen-bond acceptors (Lipinski definition) is 3. The van der Waals surface area contributed by atoms with Gasteiger partial charge in [-0.3, -0.25) is 9.59 Å². The average Bonchev–Trinajstić information content (AvgIpc) is 2.26. The number of benzene rings is 1. The van der Waals surface area contributed by atoms with Crippen molar-refractivity contribution in [2.75, 3.05) is 0 Å². The third kappa shape index (κ3) is 4.10. The number of hydrogen-bond donors (Lipinski definition) is 3. The average molecular weight is 221 g/mol. The molecule has 5 heteroatoms. The molecule has 0 aliphatic rings. The molecule has 86 valence electrons. The molecule has 0 aliphatic carbocycles. The number of nitrogens with two attached hydrogens (primary N) is 2. The lowest BCUT2D eigenvalue weighted by atomic mass is 10.2. The maximum absolute atomic E-state index is 11.4. The zero-order valence-corrected chi connectivity index (χ0v) is 8.85. The molecule has 0 spiro atoms. The van der Waals surface area contributed by atoms with Gasteiger partial charge in [0, 0.05) is 6.54 Å². The van der Waals surface area contributed by atoms with Crippen LogP contribution in [0.2, 0.25) is 0 Å². The highest BCUT2D eigenvalue weighted by atomic mass is 16.2. The van der Waals surface area contributed by atoms with Crippen molar-refractivity contribution in [3.63, 3.8) is 0 Å². The largest absolute Gasteiger partial charge is 0.370 e. The van der Waals surface area contributed by atoms with E-state index in [-0.39, 0.29) is 12.3 Å². The summed E-state index contributed by atoms with van der Waals surface area (Å²) in [5, 5.41) is 2.63. The molecule has 0 saturated heterocycles. The molecule has 0 aromatic heterocycles. The third-order valence-electron chi connectivity index (χ3n) is 2.07.